The van der Waals surface area contributed by atoms with E-state index in [1.807, 2.05) is 24.0 Å². The molecule has 140 valence electrons. The molecule has 6 nitrogen and oxygen atoms in total. The normalized spacial score (nSPS) is 20.9. The van der Waals surface area contributed by atoms with Gasteiger partial charge in [0.2, 0.25) is 5.91 Å². The average Bonchev–Trinajstić information content (AvgIpc) is 3.04. The molecule has 1 N–H and O–H groups in total. The highest BCUT2D eigenvalue weighted by Crippen LogP contribution is 2.29. The summed E-state index contributed by atoms with van der Waals surface area (Å²) < 4.78 is 5.14. The second kappa shape index (κ2) is 8.34. The number of ether oxygens (including phenoxy) is 1. The van der Waals surface area contributed by atoms with Crippen LogP contribution in [-0.4, -0.2) is 41.9 Å². The molecule has 1 aromatic rings. The maximum Gasteiger partial charge on any atom is 0.311 e. The summed E-state index contributed by atoms with van der Waals surface area (Å²) in [5, 5.41) is 2.69. The summed E-state index contributed by atoms with van der Waals surface area (Å²) in [6, 6.07) is 7.65. The number of anilines is 1. The van der Waals surface area contributed by atoms with Crippen LogP contribution in [0, 0.1) is 12.8 Å². The fourth-order valence-electron chi connectivity index (χ4n) is 3.72. The van der Waals surface area contributed by atoms with E-state index in [9.17, 15) is 14.4 Å². The van der Waals surface area contributed by atoms with Crippen LogP contribution in [0.1, 0.15) is 44.1 Å². The van der Waals surface area contributed by atoms with Crippen molar-refractivity contribution in [3.05, 3.63) is 29.8 Å². The Hall–Kier alpha value is -2.37. The molecule has 0 radical (unpaired) electrons. The Morgan fingerprint density at radius 2 is 1.85 bits per heavy atom. The molecule has 1 saturated carbocycles. The molecule has 0 spiro atoms. The van der Waals surface area contributed by atoms with Gasteiger partial charge in [-0.2, -0.15) is 0 Å². The van der Waals surface area contributed by atoms with Crippen LogP contribution in [0.5, 0.6) is 0 Å². The van der Waals surface area contributed by atoms with E-state index >= 15 is 0 Å². The minimum atomic E-state index is -0.462. The summed E-state index contributed by atoms with van der Waals surface area (Å²) >= 11 is 0. The van der Waals surface area contributed by atoms with Gasteiger partial charge in [0.15, 0.2) is 6.61 Å². The van der Waals surface area contributed by atoms with Gasteiger partial charge in [0.1, 0.15) is 0 Å². The van der Waals surface area contributed by atoms with Crippen molar-refractivity contribution in [2.24, 2.45) is 5.92 Å². The summed E-state index contributed by atoms with van der Waals surface area (Å²) in [6.45, 7) is 2.05. The Bertz CT molecular complexity index is 665. The van der Waals surface area contributed by atoms with Gasteiger partial charge in [-0.15, -0.1) is 0 Å². The SMILES string of the molecule is Cc1ccc(NC(=O)COC(=O)[C@H]2CC(=O)N(C3CCCCC3)C2)cc1. The van der Waals surface area contributed by atoms with E-state index in [4.69, 9.17) is 4.74 Å². The van der Waals surface area contributed by atoms with Gasteiger partial charge in [0, 0.05) is 24.7 Å². The van der Waals surface area contributed by atoms with Crippen LogP contribution in [0.4, 0.5) is 5.69 Å². The highest BCUT2D eigenvalue weighted by Gasteiger charge is 2.39. The number of likely N-dealkylation sites (tertiary alicyclic amines) is 1. The zero-order valence-electron chi connectivity index (χ0n) is 15.2. The quantitative estimate of drug-likeness (QED) is 0.821. The van der Waals surface area contributed by atoms with E-state index in [2.05, 4.69) is 5.32 Å². The van der Waals surface area contributed by atoms with Crippen molar-refractivity contribution in [2.45, 2.75) is 51.5 Å². The summed E-state index contributed by atoms with van der Waals surface area (Å²) in [5.74, 6) is -1.27. The van der Waals surface area contributed by atoms with Crippen LogP contribution in [0.15, 0.2) is 24.3 Å². The van der Waals surface area contributed by atoms with Crippen molar-refractivity contribution < 1.29 is 19.1 Å². The smallest absolute Gasteiger partial charge is 0.311 e. The van der Waals surface area contributed by atoms with Crippen LogP contribution in [-0.2, 0) is 19.1 Å². The molecule has 0 aromatic heterocycles. The topological polar surface area (TPSA) is 75.7 Å². The monoisotopic (exact) mass is 358 g/mol. The lowest BCUT2D eigenvalue weighted by molar-refractivity contribution is -0.151. The van der Waals surface area contributed by atoms with Crippen LogP contribution in [0.2, 0.25) is 0 Å². The first-order valence-electron chi connectivity index (χ1n) is 9.35. The predicted molar refractivity (Wildman–Crippen MR) is 97.5 cm³/mol. The van der Waals surface area contributed by atoms with Gasteiger partial charge in [0.25, 0.3) is 5.91 Å². The van der Waals surface area contributed by atoms with Crippen LogP contribution in [0.25, 0.3) is 0 Å². The summed E-state index contributed by atoms with van der Waals surface area (Å²) in [7, 11) is 0. The van der Waals surface area contributed by atoms with E-state index in [1.54, 1.807) is 12.1 Å². The summed E-state index contributed by atoms with van der Waals surface area (Å²) in [6.07, 6.45) is 5.74. The van der Waals surface area contributed by atoms with Gasteiger partial charge in [0.05, 0.1) is 5.92 Å². The number of carbonyl (C=O) groups excluding carboxylic acids is 3. The number of carbonyl (C=O) groups is 3. The molecule has 2 fully saturated rings. The number of benzene rings is 1. The first-order valence-corrected chi connectivity index (χ1v) is 9.35. The third kappa shape index (κ3) is 4.62. The number of nitrogens with zero attached hydrogens (tertiary/aromatic N) is 1. The number of hydrogen-bond acceptors (Lipinski definition) is 4. The van der Waals surface area contributed by atoms with E-state index in [1.165, 1.54) is 6.42 Å². The number of rotatable bonds is 5. The van der Waals surface area contributed by atoms with Crippen molar-refractivity contribution in [1.29, 1.82) is 0 Å². The van der Waals surface area contributed by atoms with Crippen molar-refractivity contribution in [1.82, 2.24) is 4.90 Å². The molecule has 3 rings (SSSR count). The average molecular weight is 358 g/mol. The van der Waals surface area contributed by atoms with Gasteiger partial charge in [-0.05, 0) is 31.9 Å². The maximum absolute atomic E-state index is 12.2. The van der Waals surface area contributed by atoms with Crippen LogP contribution < -0.4 is 5.32 Å². The Morgan fingerprint density at radius 3 is 2.54 bits per heavy atom. The van der Waals surface area contributed by atoms with Gasteiger partial charge in [-0.3, -0.25) is 14.4 Å². The largest absolute Gasteiger partial charge is 0.455 e. The Kier molecular flexibility index (Phi) is 5.91. The molecule has 2 aliphatic rings. The van der Waals surface area contributed by atoms with Gasteiger partial charge in [-0.25, -0.2) is 0 Å². The lowest BCUT2D eigenvalue weighted by Gasteiger charge is -2.31. The molecule has 6 heteroatoms. The number of esters is 1. The van der Waals surface area contributed by atoms with Crippen LogP contribution in [0.3, 0.4) is 0 Å². The number of aryl methyl sites for hydroxylation is 1. The third-order valence-electron chi connectivity index (χ3n) is 5.19. The molecule has 2 amide bonds. The van der Waals surface area contributed by atoms with E-state index in [0.29, 0.717) is 12.2 Å². The standard InChI is InChI=1S/C20H26N2O4/c1-14-7-9-16(10-8-14)21-18(23)13-26-20(25)15-11-19(24)22(12-15)17-5-3-2-4-6-17/h7-10,15,17H,2-6,11-13H2,1H3,(H,21,23)/t15-/m0/s1. The van der Waals surface area contributed by atoms with E-state index < -0.39 is 11.9 Å². The van der Waals surface area contributed by atoms with E-state index in [0.717, 1.165) is 31.2 Å². The molecule has 1 aromatic carbocycles. The van der Waals surface area contributed by atoms with Crippen LogP contribution >= 0.6 is 0 Å². The fraction of sp³-hybridized carbons (Fsp3) is 0.550. The molecule has 0 unspecified atom stereocenters. The second-order valence-corrected chi connectivity index (χ2v) is 7.26. The predicted octanol–water partition coefficient (Wildman–Crippen LogP) is 2.66. The highest BCUT2D eigenvalue weighted by molar-refractivity contribution is 5.93. The minimum Gasteiger partial charge on any atom is -0.455 e. The number of hydrogen-bond donors (Lipinski definition) is 1. The van der Waals surface area contributed by atoms with Crippen molar-refractivity contribution in [3.8, 4) is 0 Å². The molecular weight excluding hydrogens is 332 g/mol. The molecule has 1 saturated heterocycles. The molecule has 26 heavy (non-hydrogen) atoms. The Morgan fingerprint density at radius 1 is 1.15 bits per heavy atom. The Labute approximate surface area is 153 Å². The molecule has 1 atom stereocenters. The number of nitrogens with one attached hydrogen (secondary N) is 1. The molecule has 1 heterocycles. The summed E-state index contributed by atoms with van der Waals surface area (Å²) in [5.41, 5.74) is 1.76. The molecular formula is C20H26N2O4. The molecule has 1 aliphatic carbocycles. The van der Waals surface area contributed by atoms with Crippen molar-refractivity contribution >= 4 is 23.5 Å². The highest BCUT2D eigenvalue weighted by atomic mass is 16.5. The van der Waals surface area contributed by atoms with Gasteiger partial charge in [-0.1, -0.05) is 37.0 Å². The zero-order chi connectivity index (χ0) is 18.5. The molecule has 1 aliphatic heterocycles. The Balaban J connectivity index is 1.45. The minimum absolute atomic E-state index is 0.0305. The van der Waals surface area contributed by atoms with Crippen molar-refractivity contribution in [2.75, 3.05) is 18.5 Å². The third-order valence-corrected chi connectivity index (χ3v) is 5.19. The lowest BCUT2D eigenvalue weighted by atomic mass is 9.94. The fourth-order valence-corrected chi connectivity index (χ4v) is 3.72. The van der Waals surface area contributed by atoms with E-state index in [-0.39, 0.29) is 30.9 Å². The first kappa shape index (κ1) is 18.4. The van der Waals surface area contributed by atoms with Gasteiger partial charge >= 0.3 is 5.97 Å². The van der Waals surface area contributed by atoms with Crippen molar-refractivity contribution in [3.63, 3.8) is 0 Å². The zero-order valence-corrected chi connectivity index (χ0v) is 15.2. The number of amides is 2. The molecule has 0 bridgehead atoms. The second-order valence-electron chi connectivity index (χ2n) is 7.26. The first-order chi connectivity index (χ1) is 12.5. The maximum atomic E-state index is 12.2. The summed E-state index contributed by atoms with van der Waals surface area (Å²) in [4.78, 5) is 38.2. The lowest BCUT2D eigenvalue weighted by Crippen LogP contribution is -2.38. The van der Waals surface area contributed by atoms with Gasteiger partial charge < -0.3 is 15.0 Å².